The zero-order chi connectivity index (χ0) is 29.8. The molecule has 0 radical (unpaired) electrons. The van der Waals surface area contributed by atoms with Gasteiger partial charge in [0.05, 0.1) is 20.8 Å². The number of carbonyl (C=O) groups excluding carboxylic acids is 2. The molecule has 0 spiro atoms. The van der Waals surface area contributed by atoms with Crippen LogP contribution in [0.2, 0.25) is 0 Å². The van der Waals surface area contributed by atoms with Crippen molar-refractivity contribution in [3.8, 4) is 11.5 Å². The number of aryl methyl sites for hydroxylation is 2. The molecular weight excluding hydrogens is 532 g/mol. The second-order valence-corrected chi connectivity index (χ2v) is 12.0. The quantitative estimate of drug-likeness (QED) is 0.169. The molecule has 0 aliphatic carbocycles. The lowest BCUT2D eigenvalue weighted by Gasteiger charge is -2.29. The highest BCUT2D eigenvalue weighted by Crippen LogP contribution is 2.28. The molecule has 0 aliphatic rings. The Labute approximate surface area is 250 Å². The molecule has 0 bridgehead atoms. The minimum atomic E-state index is -0.0979. The first kappa shape index (κ1) is 32.2. The van der Waals surface area contributed by atoms with Crippen molar-refractivity contribution in [2.75, 3.05) is 33.9 Å². The molecule has 0 fully saturated rings. The smallest absolute Gasteiger partial charge is 0.254 e. The fourth-order valence-electron chi connectivity index (χ4n) is 4.83. The number of methoxy groups -OCH3 is 2. The zero-order valence-electron chi connectivity index (χ0n) is 25.6. The van der Waals surface area contributed by atoms with Crippen LogP contribution in [0, 0.1) is 12.8 Å². The summed E-state index contributed by atoms with van der Waals surface area (Å²) in [4.78, 5) is 32.2. The SMILES string of the molecule is CCCCCc1ccc(C(=O)N(CC(=O)N(CCc2ccc(OC)c(OC)c2)Cc2sccc2C)CC(C)C)cc1. The third kappa shape index (κ3) is 9.63. The lowest BCUT2D eigenvalue weighted by molar-refractivity contribution is -0.132. The Bertz CT molecular complexity index is 1250. The fraction of sp³-hybridized carbons (Fsp3) is 0.471. The highest BCUT2D eigenvalue weighted by Gasteiger charge is 2.24. The van der Waals surface area contributed by atoms with Gasteiger partial charge in [-0.15, -0.1) is 11.3 Å². The minimum Gasteiger partial charge on any atom is -0.493 e. The van der Waals surface area contributed by atoms with E-state index in [1.165, 1.54) is 24.0 Å². The number of hydrogen-bond donors (Lipinski definition) is 0. The van der Waals surface area contributed by atoms with Gasteiger partial charge in [0.1, 0.15) is 6.54 Å². The van der Waals surface area contributed by atoms with Crippen LogP contribution in [0.15, 0.2) is 53.9 Å². The number of thiophene rings is 1. The van der Waals surface area contributed by atoms with Crippen molar-refractivity contribution in [2.24, 2.45) is 5.92 Å². The Balaban J connectivity index is 1.77. The number of carbonyl (C=O) groups is 2. The van der Waals surface area contributed by atoms with E-state index >= 15 is 0 Å². The number of benzene rings is 2. The van der Waals surface area contributed by atoms with E-state index in [9.17, 15) is 9.59 Å². The molecule has 41 heavy (non-hydrogen) atoms. The van der Waals surface area contributed by atoms with E-state index in [2.05, 4.69) is 39.1 Å². The van der Waals surface area contributed by atoms with Gasteiger partial charge < -0.3 is 19.3 Å². The van der Waals surface area contributed by atoms with Crippen LogP contribution in [0.1, 0.15) is 72.0 Å². The number of rotatable bonds is 16. The standard InChI is InChI=1S/C34H46N2O4S/c1-7-8-9-10-27-11-14-29(15-12-27)34(38)36(22-25(2)3)24-33(37)35(23-32-26(4)18-20-41-32)19-17-28-13-16-30(39-5)31(21-28)40-6/h11-16,18,20-21,25H,7-10,17,19,22-24H2,1-6H3. The van der Waals surface area contributed by atoms with Gasteiger partial charge in [-0.25, -0.2) is 0 Å². The van der Waals surface area contributed by atoms with Crippen LogP contribution in [-0.4, -0.2) is 55.5 Å². The summed E-state index contributed by atoms with van der Waals surface area (Å²) in [5.41, 5.74) is 4.10. The van der Waals surface area contributed by atoms with Crippen molar-refractivity contribution in [3.05, 3.63) is 81.0 Å². The monoisotopic (exact) mass is 578 g/mol. The average molecular weight is 579 g/mol. The predicted octanol–water partition coefficient (Wildman–Crippen LogP) is 7.18. The summed E-state index contributed by atoms with van der Waals surface area (Å²) < 4.78 is 10.8. The molecule has 0 saturated carbocycles. The van der Waals surface area contributed by atoms with E-state index < -0.39 is 0 Å². The van der Waals surface area contributed by atoms with E-state index in [1.807, 2.05) is 47.4 Å². The molecule has 0 unspecified atom stereocenters. The van der Waals surface area contributed by atoms with Gasteiger partial charge in [-0.05, 0) is 84.5 Å². The Morgan fingerprint density at radius 2 is 1.59 bits per heavy atom. The summed E-state index contributed by atoms with van der Waals surface area (Å²) in [5.74, 6) is 1.43. The number of nitrogens with zero attached hydrogens (tertiary/aromatic N) is 2. The topological polar surface area (TPSA) is 59.1 Å². The Hall–Kier alpha value is -3.32. The highest BCUT2D eigenvalue weighted by atomic mass is 32.1. The van der Waals surface area contributed by atoms with Gasteiger partial charge >= 0.3 is 0 Å². The number of unbranched alkanes of at least 4 members (excludes halogenated alkanes) is 2. The molecule has 3 aromatic rings. The molecular formula is C34H46N2O4S. The number of amides is 2. The van der Waals surface area contributed by atoms with E-state index in [1.54, 1.807) is 30.5 Å². The summed E-state index contributed by atoms with van der Waals surface area (Å²) in [6, 6.07) is 15.8. The largest absolute Gasteiger partial charge is 0.493 e. The van der Waals surface area contributed by atoms with Crippen molar-refractivity contribution in [3.63, 3.8) is 0 Å². The Morgan fingerprint density at radius 1 is 0.878 bits per heavy atom. The molecule has 7 heteroatoms. The molecule has 3 rings (SSSR count). The van der Waals surface area contributed by atoms with E-state index in [4.69, 9.17) is 9.47 Å². The van der Waals surface area contributed by atoms with Crippen molar-refractivity contribution in [1.29, 1.82) is 0 Å². The fourth-order valence-corrected chi connectivity index (χ4v) is 5.75. The maximum Gasteiger partial charge on any atom is 0.254 e. The first-order valence-electron chi connectivity index (χ1n) is 14.7. The molecule has 2 aromatic carbocycles. The van der Waals surface area contributed by atoms with Crippen LogP contribution in [0.4, 0.5) is 0 Å². The van der Waals surface area contributed by atoms with Gasteiger partial charge in [0.25, 0.3) is 5.91 Å². The van der Waals surface area contributed by atoms with Gasteiger partial charge in [-0.3, -0.25) is 9.59 Å². The molecule has 0 N–H and O–H groups in total. The molecule has 222 valence electrons. The molecule has 1 heterocycles. The molecule has 2 amide bonds. The lowest BCUT2D eigenvalue weighted by atomic mass is 10.0. The lowest BCUT2D eigenvalue weighted by Crippen LogP contribution is -2.44. The third-order valence-corrected chi connectivity index (χ3v) is 8.25. The van der Waals surface area contributed by atoms with Gasteiger partial charge in [-0.1, -0.05) is 51.8 Å². The second-order valence-electron chi connectivity index (χ2n) is 11.0. The van der Waals surface area contributed by atoms with Crippen LogP contribution in [-0.2, 0) is 24.2 Å². The molecule has 0 saturated heterocycles. The summed E-state index contributed by atoms with van der Waals surface area (Å²) in [7, 11) is 3.24. The summed E-state index contributed by atoms with van der Waals surface area (Å²) in [5, 5.41) is 2.06. The zero-order valence-corrected chi connectivity index (χ0v) is 26.4. The molecule has 0 atom stereocenters. The molecule has 1 aromatic heterocycles. The van der Waals surface area contributed by atoms with Crippen molar-refractivity contribution in [1.82, 2.24) is 9.80 Å². The van der Waals surface area contributed by atoms with Crippen molar-refractivity contribution in [2.45, 2.75) is 66.3 Å². The number of ether oxygens (including phenoxy) is 2. The normalized spacial score (nSPS) is 11.0. The second kappa shape index (κ2) is 16.2. The highest BCUT2D eigenvalue weighted by molar-refractivity contribution is 7.10. The van der Waals surface area contributed by atoms with E-state index in [0.717, 1.165) is 23.3 Å². The van der Waals surface area contributed by atoms with Gasteiger partial charge in [0, 0.05) is 23.5 Å². The average Bonchev–Trinajstić information content (AvgIpc) is 3.38. The number of hydrogen-bond acceptors (Lipinski definition) is 5. The third-order valence-electron chi connectivity index (χ3n) is 7.24. The van der Waals surface area contributed by atoms with Gasteiger partial charge in [-0.2, -0.15) is 0 Å². The predicted molar refractivity (Wildman–Crippen MR) is 168 cm³/mol. The summed E-state index contributed by atoms with van der Waals surface area (Å²) in [6.07, 6.45) is 5.23. The van der Waals surface area contributed by atoms with Gasteiger partial charge in [0.15, 0.2) is 11.5 Å². The summed E-state index contributed by atoms with van der Waals surface area (Å²) in [6.45, 7) is 10.0. The molecule has 0 aliphatic heterocycles. The van der Waals surface area contributed by atoms with E-state index in [-0.39, 0.29) is 24.3 Å². The molecule has 6 nitrogen and oxygen atoms in total. The Morgan fingerprint density at radius 3 is 2.20 bits per heavy atom. The summed E-state index contributed by atoms with van der Waals surface area (Å²) >= 11 is 1.66. The van der Waals surface area contributed by atoms with Crippen molar-refractivity contribution < 1.29 is 19.1 Å². The van der Waals surface area contributed by atoms with Crippen LogP contribution >= 0.6 is 11.3 Å². The van der Waals surface area contributed by atoms with Crippen LogP contribution in [0.5, 0.6) is 11.5 Å². The van der Waals surface area contributed by atoms with Crippen LogP contribution < -0.4 is 9.47 Å². The minimum absolute atomic E-state index is 0.0472. The Kier molecular flexibility index (Phi) is 12.7. The van der Waals surface area contributed by atoms with Crippen molar-refractivity contribution >= 4 is 23.2 Å². The van der Waals surface area contributed by atoms with Gasteiger partial charge in [0.2, 0.25) is 5.91 Å². The first-order valence-corrected chi connectivity index (χ1v) is 15.5. The maximum absolute atomic E-state index is 13.8. The van der Waals surface area contributed by atoms with Crippen LogP contribution in [0.25, 0.3) is 0 Å². The maximum atomic E-state index is 13.8. The van der Waals surface area contributed by atoms with E-state index in [0.29, 0.717) is 43.1 Å². The van der Waals surface area contributed by atoms with Crippen LogP contribution in [0.3, 0.4) is 0 Å². The first-order chi connectivity index (χ1) is 19.7.